The Labute approximate surface area is 247 Å². The predicted molar refractivity (Wildman–Crippen MR) is 129 cm³/mol. The van der Waals surface area contributed by atoms with Crippen LogP contribution in [0, 0.1) is 0 Å². The van der Waals surface area contributed by atoms with E-state index in [4.69, 9.17) is 28.5 Å². The topological polar surface area (TPSA) is 240 Å². The molecule has 6 unspecified atom stereocenters. The van der Waals surface area contributed by atoms with Gasteiger partial charge in [0.15, 0.2) is 18.5 Å². The molecule has 1 N–H and O–H groups in total. The molecule has 20 nitrogen and oxygen atoms in total. The van der Waals surface area contributed by atoms with Crippen LogP contribution in [0.1, 0.15) is 51.9 Å². The van der Waals surface area contributed by atoms with E-state index in [1.165, 1.54) is 0 Å². The van der Waals surface area contributed by atoms with Crippen LogP contribution in [0.2, 0.25) is 0 Å². The van der Waals surface area contributed by atoms with E-state index < -0.39 is 85.3 Å². The molecule has 242 valence electrons. The first-order valence-corrected chi connectivity index (χ1v) is 13.4. The van der Waals surface area contributed by atoms with Crippen molar-refractivity contribution in [2.24, 2.45) is 0 Å². The molecule has 0 radical (unpaired) electrons. The molecule has 44 heavy (non-hydrogen) atoms. The molecule has 0 saturated carbocycles. The lowest BCUT2D eigenvalue weighted by Gasteiger charge is -2.41. The summed E-state index contributed by atoms with van der Waals surface area (Å²) in [6.07, 6.45) is -13.5. The molecule has 4 saturated heterocycles. The average molecular weight is 632 g/mol. The lowest BCUT2D eigenvalue weighted by Crippen LogP contribution is -2.62. The third-order valence-electron chi connectivity index (χ3n) is 6.94. The lowest BCUT2D eigenvalue weighted by molar-refractivity contribution is -0.301. The van der Waals surface area contributed by atoms with E-state index in [1.807, 2.05) is 0 Å². The molecule has 4 rings (SSSR count). The van der Waals surface area contributed by atoms with Gasteiger partial charge in [0.05, 0.1) is 6.04 Å². The van der Waals surface area contributed by atoms with Crippen LogP contribution < -0.4 is 0 Å². The molecule has 0 spiro atoms. The zero-order chi connectivity index (χ0) is 32.1. The second-order valence-electron chi connectivity index (χ2n) is 9.75. The van der Waals surface area contributed by atoms with Crippen molar-refractivity contribution >= 4 is 48.0 Å². The van der Waals surface area contributed by atoms with Crippen LogP contribution in [0.3, 0.4) is 0 Å². The first kappa shape index (κ1) is 32.4. The van der Waals surface area contributed by atoms with Gasteiger partial charge in [0.2, 0.25) is 0 Å². The van der Waals surface area contributed by atoms with E-state index in [1.54, 1.807) is 6.92 Å². The molecule has 0 aromatic heterocycles. The van der Waals surface area contributed by atoms with E-state index >= 15 is 0 Å². The second kappa shape index (κ2) is 13.8. The molecule has 20 heteroatoms. The highest BCUT2D eigenvalue weighted by molar-refractivity contribution is 6.02. The summed E-state index contributed by atoms with van der Waals surface area (Å²) >= 11 is 0. The number of amides is 5. The minimum Gasteiger partial charge on any atom is -0.430 e. The number of aliphatic hydroxyl groups is 1. The van der Waals surface area contributed by atoms with Crippen molar-refractivity contribution in [3.05, 3.63) is 0 Å². The van der Waals surface area contributed by atoms with Gasteiger partial charge in [-0.15, -0.1) is 0 Å². The minimum atomic E-state index is -2.06. The van der Waals surface area contributed by atoms with Crippen LogP contribution in [-0.2, 0) is 62.2 Å². The number of hydroxylamine groups is 6. The van der Waals surface area contributed by atoms with Crippen molar-refractivity contribution in [3.63, 3.8) is 0 Å². The number of imide groups is 2. The van der Waals surface area contributed by atoms with E-state index in [2.05, 4.69) is 9.68 Å². The summed E-state index contributed by atoms with van der Waals surface area (Å²) in [5, 5.41) is 12.3. The van der Waals surface area contributed by atoms with Crippen LogP contribution >= 0.6 is 0 Å². The molecule has 6 atom stereocenters. The smallest absolute Gasteiger partial charge is 0.430 e. The van der Waals surface area contributed by atoms with Crippen molar-refractivity contribution in [1.29, 1.82) is 0 Å². The Morgan fingerprint density at radius 2 is 1.30 bits per heavy atom. The van der Waals surface area contributed by atoms with E-state index in [0.29, 0.717) is 12.8 Å². The third kappa shape index (κ3) is 7.14. The first-order valence-electron chi connectivity index (χ1n) is 13.4. The minimum absolute atomic E-state index is 0.156. The molecule has 4 aliphatic rings. The summed E-state index contributed by atoms with van der Waals surface area (Å²) < 4.78 is 25.8. The van der Waals surface area contributed by atoms with Crippen LogP contribution in [-0.4, -0.2) is 119 Å². The van der Waals surface area contributed by atoms with Gasteiger partial charge in [-0.1, -0.05) is 17.1 Å². The van der Waals surface area contributed by atoms with Gasteiger partial charge in [0.1, 0.15) is 18.8 Å². The zero-order valence-corrected chi connectivity index (χ0v) is 23.4. The van der Waals surface area contributed by atoms with Gasteiger partial charge >= 0.3 is 18.5 Å². The van der Waals surface area contributed by atoms with Gasteiger partial charge < -0.3 is 33.6 Å². The van der Waals surface area contributed by atoms with Crippen molar-refractivity contribution < 1.29 is 81.7 Å². The third-order valence-corrected chi connectivity index (χ3v) is 6.94. The van der Waals surface area contributed by atoms with E-state index in [0.717, 1.165) is 12.2 Å². The molecule has 4 aliphatic heterocycles. The summed E-state index contributed by atoms with van der Waals surface area (Å²) in [5.41, 5.74) is 0. The summed E-state index contributed by atoms with van der Waals surface area (Å²) in [6, 6.07) is -0.369. The zero-order valence-electron chi connectivity index (χ0n) is 23.4. The molecule has 0 aliphatic carbocycles. The number of hydrogen-bond acceptors (Lipinski definition) is 17. The molecule has 5 amide bonds. The highest BCUT2D eigenvalue weighted by Crippen LogP contribution is 2.29. The van der Waals surface area contributed by atoms with Crippen molar-refractivity contribution in [3.8, 4) is 0 Å². The number of carbonyl (C=O) groups is 8. The number of ether oxygens (including phenoxy) is 5. The number of aliphatic hydroxyl groups excluding tert-OH is 1. The Morgan fingerprint density at radius 1 is 0.773 bits per heavy atom. The second-order valence-corrected chi connectivity index (χ2v) is 9.75. The maximum absolute atomic E-state index is 12.5. The fourth-order valence-corrected chi connectivity index (χ4v) is 4.69. The van der Waals surface area contributed by atoms with Gasteiger partial charge in [-0.2, -0.15) is 5.06 Å². The molecular weight excluding hydrogens is 602 g/mol. The van der Waals surface area contributed by atoms with Gasteiger partial charge in [0, 0.05) is 39.2 Å². The molecular formula is C24H29N3O17. The Hall–Kier alpha value is -4.56. The monoisotopic (exact) mass is 631 g/mol. The summed E-state index contributed by atoms with van der Waals surface area (Å²) in [5.74, 6) is -3.78. The molecule has 4 fully saturated rings. The predicted octanol–water partition coefficient (Wildman–Crippen LogP) is -0.641. The highest BCUT2D eigenvalue weighted by Gasteiger charge is 2.52. The standard InChI is InChI=1S/C24H29N3O17/c1-3-11-4-5-13(28)25(11)42-22(34)38-10-12-19(40-23(35)43-26-14(29)6-7-15(26)30)18(33)20(21(37-2)39-12)41-24(36)44-27-16(31)8-9-17(27)32/h11-12,18-21,33H,3-10H2,1-2H3. The van der Waals surface area contributed by atoms with Crippen LogP contribution in [0.5, 0.6) is 0 Å². The van der Waals surface area contributed by atoms with Crippen LogP contribution in [0.4, 0.5) is 14.4 Å². The quantitative estimate of drug-likeness (QED) is 0.189. The van der Waals surface area contributed by atoms with Gasteiger partial charge in [0.25, 0.3) is 29.5 Å². The number of nitrogens with zero attached hydrogens (tertiary/aromatic N) is 3. The van der Waals surface area contributed by atoms with Crippen molar-refractivity contribution in [2.45, 2.75) is 88.6 Å². The van der Waals surface area contributed by atoms with Crippen molar-refractivity contribution in [2.75, 3.05) is 13.7 Å². The van der Waals surface area contributed by atoms with Crippen LogP contribution in [0.15, 0.2) is 0 Å². The number of rotatable bonds is 9. The maximum Gasteiger partial charge on any atom is 0.534 e. The number of methoxy groups -OCH3 is 1. The first-order chi connectivity index (χ1) is 20.9. The lowest BCUT2D eigenvalue weighted by atomic mass is 9.99. The van der Waals surface area contributed by atoms with Gasteiger partial charge in [-0.05, 0) is 12.8 Å². The molecule has 0 bridgehead atoms. The Morgan fingerprint density at radius 3 is 1.80 bits per heavy atom. The average Bonchev–Trinajstić information content (AvgIpc) is 3.62. The Kier molecular flexibility index (Phi) is 10.2. The van der Waals surface area contributed by atoms with Gasteiger partial charge in [-0.25, -0.2) is 14.4 Å². The molecule has 0 aromatic rings. The van der Waals surface area contributed by atoms with Crippen LogP contribution in [0.25, 0.3) is 0 Å². The normalized spacial score (nSPS) is 28.8. The SMILES string of the molecule is CCC1CCC(=O)N1OC(=O)OCC1OC(OC)C(OC(=O)ON2C(=O)CCC2=O)C(O)C1OC(=O)ON1C(=O)CCC1=O. The fourth-order valence-electron chi connectivity index (χ4n) is 4.69. The van der Waals surface area contributed by atoms with E-state index in [9.17, 15) is 43.5 Å². The number of carbonyl (C=O) groups excluding carboxylic acids is 8. The Balaban J connectivity index is 1.46. The molecule has 0 aromatic carbocycles. The van der Waals surface area contributed by atoms with Gasteiger partial charge in [-0.3, -0.25) is 33.6 Å². The highest BCUT2D eigenvalue weighted by atomic mass is 16.9. The maximum atomic E-state index is 12.5. The summed E-state index contributed by atoms with van der Waals surface area (Å²) in [4.78, 5) is 111. The fraction of sp³-hybridized carbons (Fsp3) is 0.667. The Bertz CT molecular complexity index is 1180. The summed E-state index contributed by atoms with van der Waals surface area (Å²) in [7, 11) is 1.07. The van der Waals surface area contributed by atoms with E-state index in [-0.39, 0.29) is 48.3 Å². The summed E-state index contributed by atoms with van der Waals surface area (Å²) in [6.45, 7) is 0.981. The largest absolute Gasteiger partial charge is 0.534 e. The van der Waals surface area contributed by atoms with Crippen molar-refractivity contribution in [1.82, 2.24) is 15.2 Å². The number of hydrogen-bond donors (Lipinski definition) is 1. The molecule has 4 heterocycles.